The smallest absolute Gasteiger partial charge is 0.272 e. The summed E-state index contributed by atoms with van der Waals surface area (Å²) in [5.41, 5.74) is 4.08. The molecular formula is C24H32N4O. The van der Waals surface area contributed by atoms with Crippen molar-refractivity contribution in [3.8, 4) is 0 Å². The molecule has 1 N–H and O–H groups in total. The lowest BCUT2D eigenvalue weighted by Gasteiger charge is -2.36. The van der Waals surface area contributed by atoms with Crippen molar-refractivity contribution < 1.29 is 4.79 Å². The van der Waals surface area contributed by atoms with Gasteiger partial charge in [0.2, 0.25) is 0 Å². The van der Waals surface area contributed by atoms with Crippen LogP contribution in [0.25, 0.3) is 0 Å². The minimum Gasteiger partial charge on any atom is -0.382 e. The third-order valence-corrected chi connectivity index (χ3v) is 6.14. The van der Waals surface area contributed by atoms with Gasteiger partial charge in [0.15, 0.2) is 0 Å². The fourth-order valence-electron chi connectivity index (χ4n) is 4.45. The van der Waals surface area contributed by atoms with Gasteiger partial charge in [0.05, 0.1) is 0 Å². The maximum absolute atomic E-state index is 13.0. The number of carbonyl (C=O) groups is 1. The highest BCUT2D eigenvalue weighted by Crippen LogP contribution is 2.22. The quantitative estimate of drug-likeness (QED) is 0.779. The molecule has 0 spiro atoms. The van der Waals surface area contributed by atoms with Crippen molar-refractivity contribution >= 4 is 17.3 Å². The number of aryl methyl sites for hydroxylation is 1. The van der Waals surface area contributed by atoms with Crippen molar-refractivity contribution in [2.45, 2.75) is 51.5 Å². The Kier molecular flexibility index (Phi) is 6.33. The first-order valence-corrected chi connectivity index (χ1v) is 11.0. The lowest BCUT2D eigenvalue weighted by molar-refractivity contribution is 0.0741. The zero-order chi connectivity index (χ0) is 20.1. The van der Waals surface area contributed by atoms with Gasteiger partial charge < -0.3 is 15.1 Å². The number of hydrogen-bond donors (Lipinski definition) is 1. The third kappa shape index (κ3) is 5.08. The number of anilines is 2. The minimum atomic E-state index is 0.0402. The van der Waals surface area contributed by atoms with Crippen LogP contribution in [0.1, 0.15) is 54.6 Å². The summed E-state index contributed by atoms with van der Waals surface area (Å²) in [6.07, 6.45) is 9.45. The predicted molar refractivity (Wildman–Crippen MR) is 119 cm³/mol. The molecule has 0 atom stereocenters. The maximum atomic E-state index is 13.0. The Balaban J connectivity index is 1.36. The first kappa shape index (κ1) is 19.7. The van der Waals surface area contributed by atoms with Crippen molar-refractivity contribution in [2.75, 3.05) is 36.4 Å². The fraction of sp³-hybridized carbons (Fsp3) is 0.500. The standard InChI is InChI=1S/C24H32N4O/c1-19-7-6-10-22(17-19)27-13-15-28(16-14-27)24(29)23-18-21(11-12-25-23)26-20-8-4-2-3-5-9-20/h6-7,10-12,17-18,20H,2-5,8-9,13-16H2,1H3,(H,25,26). The van der Waals surface area contributed by atoms with E-state index in [-0.39, 0.29) is 5.91 Å². The Hall–Kier alpha value is -2.56. The zero-order valence-electron chi connectivity index (χ0n) is 17.4. The average Bonchev–Trinajstić information content (AvgIpc) is 3.02. The third-order valence-electron chi connectivity index (χ3n) is 6.14. The molecule has 2 heterocycles. The van der Waals surface area contributed by atoms with Gasteiger partial charge in [0.1, 0.15) is 5.69 Å². The molecule has 29 heavy (non-hydrogen) atoms. The molecule has 5 nitrogen and oxygen atoms in total. The Morgan fingerprint density at radius 3 is 2.48 bits per heavy atom. The van der Waals surface area contributed by atoms with Crippen LogP contribution < -0.4 is 10.2 Å². The van der Waals surface area contributed by atoms with Gasteiger partial charge in [-0.3, -0.25) is 9.78 Å². The molecule has 0 unspecified atom stereocenters. The van der Waals surface area contributed by atoms with E-state index in [4.69, 9.17) is 0 Å². The average molecular weight is 393 g/mol. The van der Waals surface area contributed by atoms with E-state index >= 15 is 0 Å². The van der Waals surface area contributed by atoms with Crippen LogP contribution in [-0.2, 0) is 0 Å². The molecular weight excluding hydrogens is 360 g/mol. The van der Waals surface area contributed by atoms with Gasteiger partial charge in [-0.25, -0.2) is 0 Å². The van der Waals surface area contributed by atoms with Crippen LogP contribution in [0.2, 0.25) is 0 Å². The molecule has 2 fully saturated rings. The van der Waals surface area contributed by atoms with E-state index in [1.54, 1.807) is 6.20 Å². The molecule has 1 saturated heterocycles. The van der Waals surface area contributed by atoms with E-state index in [2.05, 4.69) is 46.4 Å². The number of nitrogens with zero attached hydrogens (tertiary/aromatic N) is 3. The van der Waals surface area contributed by atoms with E-state index in [9.17, 15) is 4.79 Å². The van der Waals surface area contributed by atoms with Crippen LogP contribution in [0.15, 0.2) is 42.6 Å². The number of hydrogen-bond acceptors (Lipinski definition) is 4. The van der Waals surface area contributed by atoms with Crippen molar-refractivity contribution in [1.29, 1.82) is 0 Å². The predicted octanol–water partition coefficient (Wildman–Crippen LogP) is 4.49. The first-order valence-electron chi connectivity index (χ1n) is 11.0. The SMILES string of the molecule is Cc1cccc(N2CCN(C(=O)c3cc(NC4CCCCCC4)ccn3)CC2)c1. The van der Waals surface area contributed by atoms with E-state index in [0.717, 1.165) is 31.9 Å². The first-order chi connectivity index (χ1) is 14.2. The van der Waals surface area contributed by atoms with Gasteiger partial charge in [-0.15, -0.1) is 0 Å². The fourth-order valence-corrected chi connectivity index (χ4v) is 4.45. The summed E-state index contributed by atoms with van der Waals surface area (Å²) in [5, 5.41) is 3.63. The second kappa shape index (κ2) is 9.29. The summed E-state index contributed by atoms with van der Waals surface area (Å²) in [6.45, 7) is 5.29. The molecule has 5 heteroatoms. The number of rotatable bonds is 4. The Labute approximate surface area is 174 Å². The number of nitrogens with one attached hydrogen (secondary N) is 1. The van der Waals surface area contributed by atoms with Crippen molar-refractivity contribution in [1.82, 2.24) is 9.88 Å². The molecule has 1 aromatic heterocycles. The molecule has 0 radical (unpaired) electrons. The second-order valence-electron chi connectivity index (χ2n) is 8.38. The molecule has 2 aliphatic rings. The molecule has 4 rings (SSSR count). The molecule has 1 aliphatic carbocycles. The van der Waals surface area contributed by atoms with Gasteiger partial charge >= 0.3 is 0 Å². The number of pyridine rings is 1. The largest absolute Gasteiger partial charge is 0.382 e. The van der Waals surface area contributed by atoms with E-state index < -0.39 is 0 Å². The monoisotopic (exact) mass is 392 g/mol. The van der Waals surface area contributed by atoms with Crippen LogP contribution in [0, 0.1) is 6.92 Å². The van der Waals surface area contributed by atoms with E-state index in [0.29, 0.717) is 11.7 Å². The Morgan fingerprint density at radius 2 is 1.76 bits per heavy atom. The summed E-state index contributed by atoms with van der Waals surface area (Å²) in [4.78, 5) is 21.7. The lowest BCUT2D eigenvalue weighted by Crippen LogP contribution is -2.49. The lowest BCUT2D eigenvalue weighted by atomic mass is 10.1. The molecule has 0 bridgehead atoms. The number of carbonyl (C=O) groups excluding carboxylic acids is 1. The van der Waals surface area contributed by atoms with Gasteiger partial charge in [-0.05, 0) is 49.6 Å². The van der Waals surface area contributed by atoms with Gasteiger partial charge in [-0.1, -0.05) is 37.8 Å². The number of amides is 1. The van der Waals surface area contributed by atoms with Crippen molar-refractivity contribution in [3.05, 3.63) is 53.9 Å². The Morgan fingerprint density at radius 1 is 1.00 bits per heavy atom. The van der Waals surface area contributed by atoms with Gasteiger partial charge in [0.25, 0.3) is 5.91 Å². The van der Waals surface area contributed by atoms with Crippen LogP contribution >= 0.6 is 0 Å². The minimum absolute atomic E-state index is 0.0402. The van der Waals surface area contributed by atoms with E-state index in [1.165, 1.54) is 49.8 Å². The molecule has 1 aliphatic heterocycles. The van der Waals surface area contributed by atoms with Crippen LogP contribution in [0.5, 0.6) is 0 Å². The van der Waals surface area contributed by atoms with Crippen molar-refractivity contribution in [2.24, 2.45) is 0 Å². The van der Waals surface area contributed by atoms with Gasteiger partial charge in [0, 0.05) is 49.8 Å². The summed E-state index contributed by atoms with van der Waals surface area (Å²) in [7, 11) is 0. The normalized spacial score (nSPS) is 18.4. The Bertz CT molecular complexity index is 821. The summed E-state index contributed by atoms with van der Waals surface area (Å²) in [5.74, 6) is 0.0402. The van der Waals surface area contributed by atoms with E-state index in [1.807, 2.05) is 17.0 Å². The highest BCUT2D eigenvalue weighted by atomic mass is 16.2. The number of aromatic nitrogens is 1. The summed E-state index contributed by atoms with van der Waals surface area (Å²) in [6, 6.07) is 13.0. The topological polar surface area (TPSA) is 48.5 Å². The number of benzene rings is 1. The zero-order valence-corrected chi connectivity index (χ0v) is 17.4. The molecule has 1 aromatic carbocycles. The van der Waals surface area contributed by atoms with Crippen LogP contribution in [-0.4, -0.2) is 48.0 Å². The maximum Gasteiger partial charge on any atom is 0.272 e. The molecule has 1 amide bonds. The van der Waals surface area contributed by atoms with Crippen LogP contribution in [0.3, 0.4) is 0 Å². The molecule has 154 valence electrons. The molecule has 1 saturated carbocycles. The summed E-state index contributed by atoms with van der Waals surface area (Å²) < 4.78 is 0. The number of piperazine rings is 1. The summed E-state index contributed by atoms with van der Waals surface area (Å²) >= 11 is 0. The highest BCUT2D eigenvalue weighted by Gasteiger charge is 2.23. The highest BCUT2D eigenvalue weighted by molar-refractivity contribution is 5.93. The second-order valence-corrected chi connectivity index (χ2v) is 8.38. The molecule has 2 aromatic rings. The van der Waals surface area contributed by atoms with Crippen molar-refractivity contribution in [3.63, 3.8) is 0 Å². The van der Waals surface area contributed by atoms with Gasteiger partial charge in [-0.2, -0.15) is 0 Å². The van der Waals surface area contributed by atoms with Crippen LogP contribution in [0.4, 0.5) is 11.4 Å².